The van der Waals surface area contributed by atoms with Crippen LogP contribution in [-0.4, -0.2) is 19.1 Å². The number of rotatable bonds is 5. The second-order valence-electron chi connectivity index (χ2n) is 6.38. The second-order valence-corrected chi connectivity index (χ2v) is 6.38. The van der Waals surface area contributed by atoms with Crippen molar-refractivity contribution in [2.75, 3.05) is 13.2 Å². The van der Waals surface area contributed by atoms with Gasteiger partial charge in [0.25, 0.3) is 5.91 Å². The van der Waals surface area contributed by atoms with Crippen molar-refractivity contribution < 1.29 is 9.53 Å². The van der Waals surface area contributed by atoms with Crippen molar-refractivity contribution in [1.29, 1.82) is 0 Å². The molecule has 0 atom stereocenters. The van der Waals surface area contributed by atoms with Crippen LogP contribution < -0.4 is 10.1 Å². The number of fused-ring (bicyclic) bond motifs is 1. The summed E-state index contributed by atoms with van der Waals surface area (Å²) >= 11 is 0. The largest absolute Gasteiger partial charge is 0.484 e. The van der Waals surface area contributed by atoms with Crippen molar-refractivity contribution >= 4 is 5.91 Å². The molecule has 1 amide bonds. The van der Waals surface area contributed by atoms with Gasteiger partial charge in [0.1, 0.15) is 5.75 Å². The molecule has 1 aromatic carbocycles. The van der Waals surface area contributed by atoms with Gasteiger partial charge < -0.3 is 10.1 Å². The molecular weight excluding hydrogens is 262 g/mol. The van der Waals surface area contributed by atoms with Crippen LogP contribution in [0.2, 0.25) is 0 Å². The molecule has 2 aliphatic carbocycles. The van der Waals surface area contributed by atoms with E-state index in [1.165, 1.54) is 56.1 Å². The molecule has 2 aliphatic rings. The summed E-state index contributed by atoms with van der Waals surface area (Å²) in [5.74, 6) is 1.49. The van der Waals surface area contributed by atoms with Crippen LogP contribution >= 0.6 is 0 Å². The van der Waals surface area contributed by atoms with Gasteiger partial charge in [-0.15, -0.1) is 0 Å². The zero-order valence-corrected chi connectivity index (χ0v) is 12.7. The smallest absolute Gasteiger partial charge is 0.257 e. The zero-order valence-electron chi connectivity index (χ0n) is 12.7. The Bertz CT molecular complexity index is 492. The Kier molecular flexibility index (Phi) is 4.79. The highest BCUT2D eigenvalue weighted by Gasteiger charge is 2.15. The van der Waals surface area contributed by atoms with Crippen molar-refractivity contribution in [2.24, 2.45) is 5.92 Å². The summed E-state index contributed by atoms with van der Waals surface area (Å²) in [5.41, 5.74) is 2.82. The van der Waals surface area contributed by atoms with E-state index in [0.29, 0.717) is 5.92 Å². The fraction of sp³-hybridized carbons (Fsp3) is 0.611. The molecule has 1 saturated carbocycles. The minimum atomic E-state index is 0.000993. The SMILES string of the molecule is O=C(COc1ccc2c(c1)CCC2)NCC1CCCCC1. The van der Waals surface area contributed by atoms with E-state index in [9.17, 15) is 4.79 Å². The molecule has 0 bridgehead atoms. The van der Waals surface area contributed by atoms with Gasteiger partial charge in [-0.05, 0) is 61.3 Å². The molecule has 3 heteroatoms. The van der Waals surface area contributed by atoms with Gasteiger partial charge >= 0.3 is 0 Å². The summed E-state index contributed by atoms with van der Waals surface area (Å²) in [4.78, 5) is 11.9. The van der Waals surface area contributed by atoms with Crippen LogP contribution in [0.1, 0.15) is 49.7 Å². The molecule has 0 spiro atoms. The highest BCUT2D eigenvalue weighted by molar-refractivity contribution is 5.77. The standard InChI is InChI=1S/C18H25NO2/c20-18(19-12-14-5-2-1-3-6-14)13-21-17-10-9-15-7-4-8-16(15)11-17/h9-11,14H,1-8,12-13H2,(H,19,20). The molecule has 0 saturated heterocycles. The van der Waals surface area contributed by atoms with Gasteiger partial charge in [-0.25, -0.2) is 0 Å². The topological polar surface area (TPSA) is 38.3 Å². The maximum Gasteiger partial charge on any atom is 0.257 e. The number of hydrogen-bond donors (Lipinski definition) is 1. The van der Waals surface area contributed by atoms with Gasteiger partial charge in [0.05, 0.1) is 0 Å². The van der Waals surface area contributed by atoms with Crippen LogP contribution in [0.5, 0.6) is 5.75 Å². The number of hydrogen-bond acceptors (Lipinski definition) is 2. The van der Waals surface area contributed by atoms with Gasteiger partial charge in [0.15, 0.2) is 6.61 Å². The second kappa shape index (κ2) is 6.97. The van der Waals surface area contributed by atoms with Crippen LogP contribution in [0.3, 0.4) is 0 Å². The first kappa shape index (κ1) is 14.4. The third kappa shape index (κ3) is 3.99. The van der Waals surface area contributed by atoms with E-state index < -0.39 is 0 Å². The summed E-state index contributed by atoms with van der Waals surface area (Å²) in [6, 6.07) is 6.22. The van der Waals surface area contributed by atoms with Crippen LogP contribution in [0.15, 0.2) is 18.2 Å². The lowest BCUT2D eigenvalue weighted by Gasteiger charge is -2.21. The van der Waals surface area contributed by atoms with Crippen molar-refractivity contribution in [3.8, 4) is 5.75 Å². The van der Waals surface area contributed by atoms with Crippen molar-refractivity contribution in [1.82, 2.24) is 5.32 Å². The Morgan fingerprint density at radius 1 is 1.10 bits per heavy atom. The maximum absolute atomic E-state index is 11.9. The molecule has 1 aromatic rings. The number of carbonyl (C=O) groups excluding carboxylic acids is 1. The van der Waals surface area contributed by atoms with Gasteiger partial charge in [-0.1, -0.05) is 25.3 Å². The summed E-state index contributed by atoms with van der Waals surface area (Å²) in [5, 5.41) is 3.01. The molecule has 0 radical (unpaired) electrons. The minimum absolute atomic E-state index is 0.000993. The number of carbonyl (C=O) groups is 1. The Morgan fingerprint density at radius 3 is 2.76 bits per heavy atom. The van der Waals surface area contributed by atoms with Crippen molar-refractivity contribution in [3.05, 3.63) is 29.3 Å². The van der Waals surface area contributed by atoms with E-state index in [1.54, 1.807) is 0 Å². The average molecular weight is 287 g/mol. The molecule has 114 valence electrons. The first-order chi connectivity index (χ1) is 10.3. The lowest BCUT2D eigenvalue weighted by atomic mass is 9.89. The predicted octanol–water partition coefficient (Wildman–Crippen LogP) is 3.25. The van der Waals surface area contributed by atoms with Crippen LogP contribution in [0, 0.1) is 5.92 Å². The molecule has 0 aromatic heterocycles. The monoisotopic (exact) mass is 287 g/mol. The fourth-order valence-corrected chi connectivity index (χ4v) is 3.49. The van der Waals surface area contributed by atoms with Crippen molar-refractivity contribution in [2.45, 2.75) is 51.4 Å². The van der Waals surface area contributed by atoms with Gasteiger partial charge in [0, 0.05) is 6.54 Å². The minimum Gasteiger partial charge on any atom is -0.484 e. The average Bonchev–Trinajstić information content (AvgIpc) is 2.99. The van der Waals surface area contributed by atoms with Crippen LogP contribution in [0.4, 0.5) is 0 Å². The molecular formula is C18H25NO2. The normalized spacial score (nSPS) is 18.3. The third-order valence-corrected chi connectivity index (χ3v) is 4.75. The number of ether oxygens (including phenoxy) is 1. The van der Waals surface area contributed by atoms with Crippen molar-refractivity contribution in [3.63, 3.8) is 0 Å². The Balaban J connectivity index is 1.41. The molecule has 21 heavy (non-hydrogen) atoms. The molecule has 1 N–H and O–H groups in total. The van der Waals surface area contributed by atoms with Crippen LogP contribution in [-0.2, 0) is 17.6 Å². The summed E-state index contributed by atoms with van der Waals surface area (Å²) in [6.45, 7) is 0.942. The highest BCUT2D eigenvalue weighted by atomic mass is 16.5. The van der Waals surface area contributed by atoms with Gasteiger partial charge in [-0.2, -0.15) is 0 Å². The third-order valence-electron chi connectivity index (χ3n) is 4.75. The molecule has 3 nitrogen and oxygen atoms in total. The first-order valence-electron chi connectivity index (χ1n) is 8.32. The number of benzene rings is 1. The summed E-state index contributed by atoms with van der Waals surface area (Å²) in [7, 11) is 0. The van der Waals surface area contributed by atoms with E-state index in [4.69, 9.17) is 4.74 Å². The Labute approximate surface area is 127 Å². The highest BCUT2D eigenvalue weighted by Crippen LogP contribution is 2.26. The zero-order chi connectivity index (χ0) is 14.5. The van der Waals surface area contributed by atoms with E-state index in [0.717, 1.165) is 18.7 Å². The maximum atomic E-state index is 11.9. The lowest BCUT2D eigenvalue weighted by molar-refractivity contribution is -0.123. The number of amides is 1. The van der Waals surface area contributed by atoms with Crippen LogP contribution in [0.25, 0.3) is 0 Å². The Morgan fingerprint density at radius 2 is 1.90 bits per heavy atom. The van der Waals surface area contributed by atoms with Gasteiger partial charge in [0.2, 0.25) is 0 Å². The Hall–Kier alpha value is -1.51. The molecule has 1 fully saturated rings. The molecule has 0 heterocycles. The number of aryl methyl sites for hydroxylation is 2. The fourth-order valence-electron chi connectivity index (χ4n) is 3.49. The molecule has 3 rings (SSSR count). The van der Waals surface area contributed by atoms with E-state index in [-0.39, 0.29) is 12.5 Å². The predicted molar refractivity (Wildman–Crippen MR) is 83.5 cm³/mol. The molecule has 0 unspecified atom stereocenters. The van der Waals surface area contributed by atoms with E-state index in [1.807, 2.05) is 6.07 Å². The van der Waals surface area contributed by atoms with Gasteiger partial charge in [-0.3, -0.25) is 4.79 Å². The lowest BCUT2D eigenvalue weighted by Crippen LogP contribution is -2.33. The van der Waals surface area contributed by atoms with E-state index >= 15 is 0 Å². The van der Waals surface area contributed by atoms with E-state index in [2.05, 4.69) is 17.4 Å². The quantitative estimate of drug-likeness (QED) is 0.903. The number of nitrogens with one attached hydrogen (secondary N) is 1. The summed E-state index contributed by atoms with van der Waals surface area (Å²) < 4.78 is 5.62. The molecule has 0 aliphatic heterocycles. The summed E-state index contributed by atoms with van der Waals surface area (Å²) in [6.07, 6.45) is 10.0. The first-order valence-corrected chi connectivity index (χ1v) is 8.32.